The van der Waals surface area contributed by atoms with Crippen LogP contribution in [0.5, 0.6) is 11.5 Å². The molecule has 0 aliphatic heterocycles. The summed E-state index contributed by atoms with van der Waals surface area (Å²) in [5.41, 5.74) is 3.42. The first-order chi connectivity index (χ1) is 11.1. The van der Waals surface area contributed by atoms with Crippen LogP contribution in [0.4, 0.5) is 5.95 Å². The van der Waals surface area contributed by atoms with Gasteiger partial charge in [-0.15, -0.1) is 10.2 Å². The fourth-order valence-corrected chi connectivity index (χ4v) is 1.71. The highest BCUT2D eigenvalue weighted by atomic mass is 16.5. The average molecular weight is 317 g/mol. The van der Waals surface area contributed by atoms with Crippen molar-refractivity contribution in [3.8, 4) is 11.5 Å². The van der Waals surface area contributed by atoms with E-state index in [2.05, 4.69) is 25.7 Å². The van der Waals surface area contributed by atoms with Gasteiger partial charge in [0.15, 0.2) is 11.5 Å². The van der Waals surface area contributed by atoms with Crippen LogP contribution in [0.25, 0.3) is 0 Å². The van der Waals surface area contributed by atoms with Gasteiger partial charge in [-0.25, -0.2) is 5.43 Å². The molecular formula is C15H19N5O3. The zero-order chi connectivity index (χ0) is 16.7. The molecule has 8 heteroatoms. The summed E-state index contributed by atoms with van der Waals surface area (Å²) in [6.07, 6.45) is 2.49. The Morgan fingerprint density at radius 1 is 1.35 bits per heavy atom. The molecule has 0 radical (unpaired) electrons. The van der Waals surface area contributed by atoms with Crippen LogP contribution in [-0.2, 0) is 0 Å². The Labute approximate surface area is 133 Å². The van der Waals surface area contributed by atoms with Crippen molar-refractivity contribution in [2.24, 2.45) is 5.10 Å². The number of benzene rings is 1. The van der Waals surface area contributed by atoms with Gasteiger partial charge in [0.25, 0.3) is 5.56 Å². The minimum Gasteiger partial charge on any atom is -0.493 e. The number of nitrogens with one attached hydrogen (secondary N) is 2. The highest BCUT2D eigenvalue weighted by Gasteiger charge is 2.04. The van der Waals surface area contributed by atoms with Crippen LogP contribution in [0, 0.1) is 6.92 Å². The fourth-order valence-electron chi connectivity index (χ4n) is 1.71. The van der Waals surface area contributed by atoms with Crippen LogP contribution in [-0.4, -0.2) is 35.1 Å². The summed E-state index contributed by atoms with van der Waals surface area (Å²) in [7, 11) is 1.59. The van der Waals surface area contributed by atoms with Crippen molar-refractivity contribution in [2.75, 3.05) is 19.1 Å². The second kappa shape index (κ2) is 7.92. The molecule has 0 saturated carbocycles. The van der Waals surface area contributed by atoms with Gasteiger partial charge in [0.05, 0.1) is 19.9 Å². The molecule has 23 heavy (non-hydrogen) atoms. The fraction of sp³-hybridized carbons (Fsp3) is 0.333. The number of aromatic amines is 1. The van der Waals surface area contributed by atoms with Crippen LogP contribution in [0.1, 0.15) is 24.6 Å². The highest BCUT2D eigenvalue weighted by molar-refractivity contribution is 5.81. The van der Waals surface area contributed by atoms with Crippen LogP contribution in [0.3, 0.4) is 0 Å². The summed E-state index contributed by atoms with van der Waals surface area (Å²) in [6, 6.07) is 5.47. The topological polar surface area (TPSA) is 101 Å². The van der Waals surface area contributed by atoms with E-state index in [1.165, 1.54) is 0 Å². The van der Waals surface area contributed by atoms with Gasteiger partial charge in [0.2, 0.25) is 5.95 Å². The lowest BCUT2D eigenvalue weighted by Crippen LogP contribution is -2.15. The maximum atomic E-state index is 11.4. The normalized spacial score (nSPS) is 10.7. The van der Waals surface area contributed by atoms with Gasteiger partial charge in [0, 0.05) is 0 Å². The minimum absolute atomic E-state index is 0.174. The number of hydrogen-bond acceptors (Lipinski definition) is 7. The number of methoxy groups -OCH3 is 1. The molecule has 1 heterocycles. The first-order valence-electron chi connectivity index (χ1n) is 7.17. The molecular weight excluding hydrogens is 298 g/mol. The maximum Gasteiger partial charge on any atom is 0.274 e. The van der Waals surface area contributed by atoms with Crippen molar-refractivity contribution in [2.45, 2.75) is 20.3 Å². The lowest BCUT2D eigenvalue weighted by Gasteiger charge is -2.10. The largest absolute Gasteiger partial charge is 0.493 e. The standard InChI is InChI=1S/C15H19N5O3/c1-4-7-23-13-8-11(5-6-12(13)22-3)9-16-19-15-17-14(21)10(2)18-20-15/h5-6,8-9H,4,7H2,1-3H3,(H2,17,19,20,21)/b16-9+. The van der Waals surface area contributed by atoms with Gasteiger partial charge < -0.3 is 9.47 Å². The summed E-state index contributed by atoms with van der Waals surface area (Å²) >= 11 is 0. The Balaban J connectivity index is 2.09. The molecule has 122 valence electrons. The van der Waals surface area contributed by atoms with E-state index >= 15 is 0 Å². The molecule has 0 spiro atoms. The van der Waals surface area contributed by atoms with Crippen molar-refractivity contribution in [3.63, 3.8) is 0 Å². The number of ether oxygens (including phenoxy) is 2. The number of aryl methyl sites for hydroxylation is 1. The van der Waals surface area contributed by atoms with E-state index in [0.717, 1.165) is 12.0 Å². The monoisotopic (exact) mass is 317 g/mol. The Bertz CT molecular complexity index is 742. The Morgan fingerprint density at radius 3 is 2.87 bits per heavy atom. The third-order valence-electron chi connectivity index (χ3n) is 2.89. The molecule has 0 aliphatic rings. The second-order valence-corrected chi connectivity index (χ2v) is 4.72. The zero-order valence-electron chi connectivity index (χ0n) is 13.3. The minimum atomic E-state index is -0.308. The first-order valence-corrected chi connectivity index (χ1v) is 7.17. The van der Waals surface area contributed by atoms with E-state index in [1.807, 2.05) is 19.1 Å². The van der Waals surface area contributed by atoms with Crippen LogP contribution >= 0.6 is 0 Å². The molecule has 0 bridgehead atoms. The molecule has 0 atom stereocenters. The molecule has 0 fully saturated rings. The second-order valence-electron chi connectivity index (χ2n) is 4.72. The number of hydrazone groups is 1. The molecule has 0 unspecified atom stereocenters. The van der Waals surface area contributed by atoms with Gasteiger partial charge in [0.1, 0.15) is 5.69 Å². The van der Waals surface area contributed by atoms with E-state index in [1.54, 1.807) is 26.3 Å². The number of aromatic nitrogens is 3. The summed E-state index contributed by atoms with van der Waals surface area (Å²) in [6.45, 7) is 4.22. The molecule has 2 N–H and O–H groups in total. The Morgan fingerprint density at radius 2 is 2.17 bits per heavy atom. The van der Waals surface area contributed by atoms with Crippen LogP contribution < -0.4 is 20.5 Å². The van der Waals surface area contributed by atoms with E-state index in [4.69, 9.17) is 9.47 Å². The van der Waals surface area contributed by atoms with E-state index in [0.29, 0.717) is 23.8 Å². The molecule has 1 aromatic carbocycles. The summed E-state index contributed by atoms with van der Waals surface area (Å²) in [5.74, 6) is 1.49. The number of nitrogens with zero attached hydrogens (tertiary/aromatic N) is 3. The maximum absolute atomic E-state index is 11.4. The third kappa shape index (κ3) is 4.53. The van der Waals surface area contributed by atoms with E-state index in [-0.39, 0.29) is 11.5 Å². The molecule has 8 nitrogen and oxygen atoms in total. The predicted octanol–water partition coefficient (Wildman–Crippen LogP) is 1.72. The van der Waals surface area contributed by atoms with Gasteiger partial charge in [-0.05, 0) is 37.1 Å². The highest BCUT2D eigenvalue weighted by Crippen LogP contribution is 2.27. The van der Waals surface area contributed by atoms with E-state index in [9.17, 15) is 4.79 Å². The number of H-pyrrole nitrogens is 1. The third-order valence-corrected chi connectivity index (χ3v) is 2.89. The first kappa shape index (κ1) is 16.5. The van der Waals surface area contributed by atoms with Gasteiger partial charge in [-0.2, -0.15) is 5.10 Å². The molecule has 0 saturated heterocycles. The lowest BCUT2D eigenvalue weighted by molar-refractivity contribution is 0.294. The van der Waals surface area contributed by atoms with Crippen molar-refractivity contribution >= 4 is 12.2 Å². The van der Waals surface area contributed by atoms with Crippen LogP contribution in [0.15, 0.2) is 28.1 Å². The predicted molar refractivity (Wildman–Crippen MR) is 87.4 cm³/mol. The molecule has 1 aromatic heterocycles. The van der Waals surface area contributed by atoms with Gasteiger partial charge in [-0.3, -0.25) is 9.78 Å². The van der Waals surface area contributed by atoms with Crippen molar-refractivity contribution in [3.05, 3.63) is 39.8 Å². The van der Waals surface area contributed by atoms with Crippen molar-refractivity contribution in [1.29, 1.82) is 0 Å². The number of anilines is 1. The van der Waals surface area contributed by atoms with Gasteiger partial charge >= 0.3 is 0 Å². The molecule has 0 aliphatic carbocycles. The smallest absolute Gasteiger partial charge is 0.274 e. The lowest BCUT2D eigenvalue weighted by atomic mass is 10.2. The number of hydrogen-bond donors (Lipinski definition) is 2. The van der Waals surface area contributed by atoms with Crippen molar-refractivity contribution < 1.29 is 9.47 Å². The summed E-state index contributed by atoms with van der Waals surface area (Å²) < 4.78 is 10.9. The number of rotatable bonds is 7. The zero-order valence-corrected chi connectivity index (χ0v) is 13.3. The summed E-state index contributed by atoms with van der Waals surface area (Å²) in [5, 5.41) is 11.5. The summed E-state index contributed by atoms with van der Waals surface area (Å²) in [4.78, 5) is 13.9. The quantitative estimate of drug-likeness (QED) is 0.595. The molecule has 0 amide bonds. The van der Waals surface area contributed by atoms with E-state index < -0.39 is 0 Å². The Hall–Kier alpha value is -2.90. The van der Waals surface area contributed by atoms with Crippen molar-refractivity contribution in [1.82, 2.24) is 15.2 Å². The molecule has 2 aromatic rings. The Kier molecular flexibility index (Phi) is 5.67. The molecule has 2 rings (SSSR count). The average Bonchev–Trinajstić information content (AvgIpc) is 2.56. The van der Waals surface area contributed by atoms with Gasteiger partial charge in [-0.1, -0.05) is 6.92 Å². The SMILES string of the molecule is CCCOc1cc(/C=N/Nc2nnc(C)c(=O)[nH]2)ccc1OC. The van der Waals surface area contributed by atoms with Crippen LogP contribution in [0.2, 0.25) is 0 Å².